The Morgan fingerprint density at radius 1 is 0.629 bits per heavy atom. The topological polar surface area (TPSA) is 0 Å². The molecule has 4 aromatic rings. The van der Waals surface area contributed by atoms with Crippen molar-refractivity contribution in [2.24, 2.45) is 0 Å². The molecule has 0 aromatic heterocycles. The van der Waals surface area contributed by atoms with E-state index in [9.17, 15) is 17.6 Å². The van der Waals surface area contributed by atoms with Gasteiger partial charge in [-0.1, -0.05) is 80.8 Å². The Bertz CT molecular complexity index is 1390. The molecule has 4 heteroatoms. The Labute approximate surface area is 203 Å². The molecule has 178 valence electrons. The normalized spacial score (nSPS) is 10.9. The van der Waals surface area contributed by atoms with Crippen molar-refractivity contribution in [2.45, 2.75) is 45.4 Å². The summed E-state index contributed by atoms with van der Waals surface area (Å²) >= 11 is 0. The first-order chi connectivity index (χ1) is 17.0. The van der Waals surface area contributed by atoms with Crippen LogP contribution < -0.4 is 0 Å². The first-order valence-electron chi connectivity index (χ1n) is 11.9. The molecule has 0 saturated carbocycles. The van der Waals surface area contributed by atoms with E-state index in [1.807, 2.05) is 18.2 Å². The van der Waals surface area contributed by atoms with Crippen molar-refractivity contribution >= 4 is 10.8 Å². The molecule has 0 saturated heterocycles. The van der Waals surface area contributed by atoms with Crippen LogP contribution in [0.15, 0.2) is 66.7 Å². The molecule has 0 N–H and O–H groups in total. The van der Waals surface area contributed by atoms with E-state index in [0.29, 0.717) is 5.56 Å². The minimum absolute atomic E-state index is 0.0347. The van der Waals surface area contributed by atoms with Crippen LogP contribution >= 0.6 is 0 Å². The average molecular weight is 475 g/mol. The molecule has 0 amide bonds. The Morgan fingerprint density at radius 3 is 2.11 bits per heavy atom. The van der Waals surface area contributed by atoms with E-state index in [-0.39, 0.29) is 16.3 Å². The lowest BCUT2D eigenvalue weighted by molar-refractivity contribution is 0.453. The molecular weight excluding hydrogens is 448 g/mol. The predicted octanol–water partition coefficient (Wildman–Crippen LogP) is 8.98. The van der Waals surface area contributed by atoms with E-state index in [0.717, 1.165) is 23.6 Å². The highest BCUT2D eigenvalue weighted by atomic mass is 19.2. The van der Waals surface area contributed by atoms with Gasteiger partial charge in [-0.3, -0.25) is 0 Å². The minimum atomic E-state index is -1.50. The monoisotopic (exact) mass is 474 g/mol. The summed E-state index contributed by atoms with van der Waals surface area (Å²) in [4.78, 5) is 0. The number of fused-ring (bicyclic) bond motifs is 1. The SMILES string of the molecule is CCCCCCCc1ccc(-c2ccc(C#Cc3ccc4c(F)c(F)c(F)cc4c3)c(F)c2)cc1. The largest absolute Gasteiger partial charge is 0.206 e. The van der Waals surface area contributed by atoms with Crippen LogP contribution in [0.1, 0.15) is 55.7 Å². The lowest BCUT2D eigenvalue weighted by Gasteiger charge is -2.06. The van der Waals surface area contributed by atoms with Crippen molar-refractivity contribution in [3.05, 3.63) is 107 Å². The van der Waals surface area contributed by atoms with Gasteiger partial charge in [0.2, 0.25) is 0 Å². The van der Waals surface area contributed by atoms with Crippen molar-refractivity contribution in [1.82, 2.24) is 0 Å². The number of unbranched alkanes of at least 4 members (excludes halogenated alkanes) is 4. The van der Waals surface area contributed by atoms with Gasteiger partial charge in [0.15, 0.2) is 17.5 Å². The third-order valence-corrected chi connectivity index (χ3v) is 6.14. The lowest BCUT2D eigenvalue weighted by atomic mass is 9.99. The highest BCUT2D eigenvalue weighted by molar-refractivity contribution is 5.84. The van der Waals surface area contributed by atoms with Gasteiger partial charge >= 0.3 is 0 Å². The molecule has 0 aliphatic carbocycles. The van der Waals surface area contributed by atoms with Crippen molar-refractivity contribution in [2.75, 3.05) is 0 Å². The highest BCUT2D eigenvalue weighted by Crippen LogP contribution is 2.25. The number of aryl methyl sites for hydroxylation is 1. The summed E-state index contributed by atoms with van der Waals surface area (Å²) in [7, 11) is 0. The van der Waals surface area contributed by atoms with Gasteiger partial charge in [0.25, 0.3) is 0 Å². The standard InChI is InChI=1S/C31H26F4/c1-2-3-4-5-6-7-21-8-12-23(13-9-21)25-16-15-24(28(32)19-25)14-10-22-11-17-27-26(18-22)20-29(33)31(35)30(27)34/h8-9,11-13,15-20H,2-7H2,1H3. The van der Waals surface area contributed by atoms with Crippen molar-refractivity contribution in [3.8, 4) is 23.0 Å². The molecule has 0 aliphatic rings. The van der Waals surface area contributed by atoms with E-state index in [1.165, 1.54) is 61.9 Å². The number of hydrogen-bond donors (Lipinski definition) is 0. The van der Waals surface area contributed by atoms with Gasteiger partial charge in [-0.25, -0.2) is 17.6 Å². The van der Waals surface area contributed by atoms with Crippen LogP contribution in [0.2, 0.25) is 0 Å². The molecular formula is C31H26F4. The van der Waals surface area contributed by atoms with Gasteiger partial charge in [-0.2, -0.15) is 0 Å². The Hall–Kier alpha value is -3.58. The van der Waals surface area contributed by atoms with E-state index < -0.39 is 23.3 Å². The molecule has 4 aromatic carbocycles. The summed E-state index contributed by atoms with van der Waals surface area (Å²) in [5.41, 5.74) is 3.64. The first-order valence-corrected chi connectivity index (χ1v) is 11.9. The highest BCUT2D eigenvalue weighted by Gasteiger charge is 2.13. The second-order valence-corrected chi connectivity index (χ2v) is 8.73. The van der Waals surface area contributed by atoms with E-state index in [1.54, 1.807) is 6.07 Å². The number of halogens is 4. The van der Waals surface area contributed by atoms with Gasteiger partial charge in [0, 0.05) is 10.9 Å². The third kappa shape index (κ3) is 5.92. The summed E-state index contributed by atoms with van der Waals surface area (Å²) in [6, 6.07) is 18.3. The van der Waals surface area contributed by atoms with Crippen LogP contribution in [-0.2, 0) is 6.42 Å². The van der Waals surface area contributed by atoms with Crippen LogP contribution in [0.4, 0.5) is 17.6 Å². The van der Waals surface area contributed by atoms with Gasteiger partial charge in [-0.05, 0) is 65.3 Å². The van der Waals surface area contributed by atoms with Crippen molar-refractivity contribution < 1.29 is 17.6 Å². The predicted molar refractivity (Wildman–Crippen MR) is 134 cm³/mol. The molecule has 0 unspecified atom stereocenters. The molecule has 0 nitrogen and oxygen atoms in total. The van der Waals surface area contributed by atoms with Gasteiger partial charge in [-0.15, -0.1) is 0 Å². The summed E-state index contributed by atoms with van der Waals surface area (Å²) in [6.07, 6.45) is 7.28. The van der Waals surface area contributed by atoms with E-state index >= 15 is 0 Å². The first kappa shape index (κ1) is 24.5. The maximum atomic E-state index is 14.7. The maximum Gasteiger partial charge on any atom is 0.195 e. The van der Waals surface area contributed by atoms with Crippen LogP contribution in [0.3, 0.4) is 0 Å². The smallest absolute Gasteiger partial charge is 0.195 e. The Morgan fingerprint density at radius 2 is 1.37 bits per heavy atom. The second kappa shape index (κ2) is 11.2. The van der Waals surface area contributed by atoms with Gasteiger partial charge < -0.3 is 0 Å². The van der Waals surface area contributed by atoms with Crippen LogP contribution in [0.5, 0.6) is 0 Å². The zero-order valence-electron chi connectivity index (χ0n) is 19.6. The second-order valence-electron chi connectivity index (χ2n) is 8.73. The number of rotatable bonds is 7. The molecule has 0 bridgehead atoms. The van der Waals surface area contributed by atoms with E-state index in [4.69, 9.17) is 0 Å². The minimum Gasteiger partial charge on any atom is -0.206 e. The molecule has 0 atom stereocenters. The maximum absolute atomic E-state index is 14.7. The fourth-order valence-electron chi connectivity index (χ4n) is 4.11. The zero-order valence-corrected chi connectivity index (χ0v) is 19.6. The Balaban J connectivity index is 1.47. The van der Waals surface area contributed by atoms with E-state index in [2.05, 4.69) is 30.9 Å². The molecule has 0 aliphatic heterocycles. The summed E-state index contributed by atoms with van der Waals surface area (Å²) in [6.45, 7) is 2.21. The molecule has 0 radical (unpaired) electrons. The van der Waals surface area contributed by atoms with Gasteiger partial charge in [0.05, 0.1) is 5.56 Å². The van der Waals surface area contributed by atoms with Crippen molar-refractivity contribution in [1.29, 1.82) is 0 Å². The summed E-state index contributed by atoms with van der Waals surface area (Å²) in [5.74, 6) is 1.14. The average Bonchev–Trinajstić information content (AvgIpc) is 2.87. The quantitative estimate of drug-likeness (QED) is 0.109. The zero-order chi connectivity index (χ0) is 24.8. The summed E-state index contributed by atoms with van der Waals surface area (Å²) in [5, 5.41) is 0.154. The lowest BCUT2D eigenvalue weighted by Crippen LogP contribution is -1.92. The fraction of sp³-hybridized carbons (Fsp3) is 0.226. The Kier molecular flexibility index (Phi) is 7.87. The molecule has 4 rings (SSSR count). The van der Waals surface area contributed by atoms with Crippen molar-refractivity contribution in [3.63, 3.8) is 0 Å². The summed E-state index contributed by atoms with van der Waals surface area (Å²) < 4.78 is 55.6. The molecule has 0 spiro atoms. The third-order valence-electron chi connectivity index (χ3n) is 6.14. The number of benzene rings is 4. The fourth-order valence-corrected chi connectivity index (χ4v) is 4.11. The van der Waals surface area contributed by atoms with Crippen LogP contribution in [0, 0.1) is 35.1 Å². The molecule has 0 fully saturated rings. The van der Waals surface area contributed by atoms with Crippen LogP contribution in [-0.4, -0.2) is 0 Å². The van der Waals surface area contributed by atoms with Crippen LogP contribution in [0.25, 0.3) is 21.9 Å². The molecule has 35 heavy (non-hydrogen) atoms. The number of hydrogen-bond acceptors (Lipinski definition) is 0. The van der Waals surface area contributed by atoms with Gasteiger partial charge in [0.1, 0.15) is 5.82 Å². The molecule has 0 heterocycles.